The van der Waals surface area contributed by atoms with Crippen molar-refractivity contribution in [3.8, 4) is 11.8 Å². The van der Waals surface area contributed by atoms with Crippen LogP contribution in [-0.2, 0) is 10.0 Å². The first-order valence-electron chi connectivity index (χ1n) is 5.93. The van der Waals surface area contributed by atoms with Crippen molar-refractivity contribution in [2.45, 2.75) is 23.8 Å². The topological polar surface area (TPSA) is 63.4 Å². The zero-order valence-electron chi connectivity index (χ0n) is 10.6. The molecule has 0 saturated heterocycles. The summed E-state index contributed by atoms with van der Waals surface area (Å²) in [6.07, 6.45) is 1.72. The molecule has 0 heterocycles. The molecule has 0 atom stereocenters. The normalized spacial score (nSPS) is 15.2. The third kappa shape index (κ3) is 2.95. The Hall–Kier alpha value is -1.42. The lowest BCUT2D eigenvalue weighted by atomic mass is 10.2. The van der Waals surface area contributed by atoms with Gasteiger partial charge < -0.3 is 5.73 Å². The molecule has 1 aromatic rings. The van der Waals surface area contributed by atoms with E-state index in [4.69, 9.17) is 5.73 Å². The van der Waals surface area contributed by atoms with Crippen LogP contribution in [0.5, 0.6) is 0 Å². The van der Waals surface area contributed by atoms with E-state index in [2.05, 4.69) is 11.8 Å². The van der Waals surface area contributed by atoms with E-state index in [1.54, 1.807) is 0 Å². The van der Waals surface area contributed by atoms with Crippen LogP contribution in [0.3, 0.4) is 0 Å². The summed E-state index contributed by atoms with van der Waals surface area (Å²) in [7, 11) is -2.09. The predicted octanol–water partition coefficient (Wildman–Crippen LogP) is 0.919. The van der Waals surface area contributed by atoms with Crippen molar-refractivity contribution < 1.29 is 12.8 Å². The highest BCUT2D eigenvalue weighted by atomic mass is 32.2. The van der Waals surface area contributed by atoms with Crippen molar-refractivity contribution in [3.63, 3.8) is 0 Å². The molecule has 102 valence electrons. The van der Waals surface area contributed by atoms with Crippen LogP contribution in [0, 0.1) is 17.7 Å². The molecule has 1 aromatic carbocycles. The molecular weight excluding hydrogens is 267 g/mol. The summed E-state index contributed by atoms with van der Waals surface area (Å²) >= 11 is 0. The van der Waals surface area contributed by atoms with Crippen molar-refractivity contribution in [1.29, 1.82) is 0 Å². The molecule has 2 rings (SSSR count). The van der Waals surface area contributed by atoms with Crippen LogP contribution in [0.1, 0.15) is 18.4 Å². The average molecular weight is 282 g/mol. The fraction of sp³-hybridized carbons (Fsp3) is 0.385. The number of nitrogens with zero attached hydrogens (tertiary/aromatic N) is 1. The van der Waals surface area contributed by atoms with Crippen LogP contribution in [0.2, 0.25) is 0 Å². The van der Waals surface area contributed by atoms with E-state index < -0.39 is 15.8 Å². The van der Waals surface area contributed by atoms with Gasteiger partial charge in [-0.25, -0.2) is 12.8 Å². The maximum atomic E-state index is 13.2. The number of benzene rings is 1. The molecule has 1 saturated carbocycles. The van der Waals surface area contributed by atoms with Crippen LogP contribution >= 0.6 is 0 Å². The molecule has 19 heavy (non-hydrogen) atoms. The maximum absolute atomic E-state index is 13.2. The fourth-order valence-electron chi connectivity index (χ4n) is 1.76. The highest BCUT2D eigenvalue weighted by Crippen LogP contribution is 2.31. The van der Waals surface area contributed by atoms with Gasteiger partial charge in [-0.05, 0) is 31.0 Å². The molecule has 0 amide bonds. The van der Waals surface area contributed by atoms with E-state index in [0.29, 0.717) is 0 Å². The molecule has 1 fully saturated rings. The van der Waals surface area contributed by atoms with Gasteiger partial charge in [0, 0.05) is 18.7 Å². The van der Waals surface area contributed by atoms with E-state index in [1.165, 1.54) is 17.4 Å². The second-order valence-corrected chi connectivity index (χ2v) is 6.36. The predicted molar refractivity (Wildman–Crippen MR) is 70.3 cm³/mol. The first-order valence-corrected chi connectivity index (χ1v) is 7.37. The molecule has 0 aromatic heterocycles. The lowest BCUT2D eigenvalue weighted by Crippen LogP contribution is -2.29. The Morgan fingerprint density at radius 1 is 1.47 bits per heavy atom. The van der Waals surface area contributed by atoms with Crippen molar-refractivity contribution in [1.82, 2.24) is 4.31 Å². The molecule has 1 aliphatic rings. The van der Waals surface area contributed by atoms with E-state index in [9.17, 15) is 12.8 Å². The summed E-state index contributed by atoms with van der Waals surface area (Å²) in [5, 5.41) is 0. The van der Waals surface area contributed by atoms with Crippen molar-refractivity contribution in [2.24, 2.45) is 5.73 Å². The Bertz CT molecular complexity index is 642. The van der Waals surface area contributed by atoms with Crippen molar-refractivity contribution >= 4 is 10.0 Å². The quantitative estimate of drug-likeness (QED) is 0.839. The minimum atomic E-state index is -3.63. The second kappa shape index (κ2) is 5.29. The largest absolute Gasteiger partial charge is 0.320 e. The van der Waals surface area contributed by atoms with Crippen LogP contribution in [0.25, 0.3) is 0 Å². The molecule has 0 aliphatic heterocycles. The van der Waals surface area contributed by atoms with Gasteiger partial charge in [0.25, 0.3) is 0 Å². The first kappa shape index (κ1) is 14.0. The van der Waals surface area contributed by atoms with Crippen LogP contribution in [0.4, 0.5) is 4.39 Å². The first-order chi connectivity index (χ1) is 8.96. The van der Waals surface area contributed by atoms with Gasteiger partial charge in [-0.3, -0.25) is 0 Å². The Morgan fingerprint density at radius 3 is 2.74 bits per heavy atom. The van der Waals surface area contributed by atoms with E-state index >= 15 is 0 Å². The number of hydrogen-bond acceptors (Lipinski definition) is 3. The summed E-state index contributed by atoms with van der Waals surface area (Å²) in [6.45, 7) is 0.0917. The minimum Gasteiger partial charge on any atom is -0.320 e. The Kier molecular flexibility index (Phi) is 3.90. The van der Waals surface area contributed by atoms with Gasteiger partial charge in [0.15, 0.2) is 0 Å². The zero-order chi connectivity index (χ0) is 14.0. The van der Waals surface area contributed by atoms with Gasteiger partial charge in [-0.2, -0.15) is 4.31 Å². The number of rotatable bonds is 3. The zero-order valence-corrected chi connectivity index (χ0v) is 11.4. The molecular formula is C13H15FN2O2S. The Labute approximate surface area is 112 Å². The van der Waals surface area contributed by atoms with E-state index in [-0.39, 0.29) is 23.0 Å². The fourth-order valence-corrected chi connectivity index (χ4v) is 3.30. The SMILES string of the molecule is CN(C1CC1)S(=O)(=O)c1ccc(F)cc1C#CCN. The molecule has 0 bridgehead atoms. The van der Waals surface area contributed by atoms with Gasteiger partial charge in [-0.15, -0.1) is 0 Å². The van der Waals surface area contributed by atoms with Crippen LogP contribution in [0.15, 0.2) is 23.1 Å². The summed E-state index contributed by atoms with van der Waals surface area (Å²) in [5.41, 5.74) is 5.42. The number of hydrogen-bond donors (Lipinski definition) is 1. The van der Waals surface area contributed by atoms with E-state index in [0.717, 1.165) is 25.0 Å². The van der Waals surface area contributed by atoms with Crippen LogP contribution in [-0.4, -0.2) is 32.4 Å². The molecule has 0 spiro atoms. The third-order valence-electron chi connectivity index (χ3n) is 2.98. The van der Waals surface area contributed by atoms with E-state index in [1.807, 2.05) is 0 Å². The second-order valence-electron chi connectivity index (χ2n) is 4.40. The van der Waals surface area contributed by atoms with Gasteiger partial charge in [0.1, 0.15) is 5.82 Å². The molecule has 0 unspecified atom stereocenters. The summed E-state index contributed by atoms with van der Waals surface area (Å²) in [4.78, 5) is 0.0317. The van der Waals surface area contributed by atoms with Gasteiger partial charge in [0.2, 0.25) is 10.0 Å². The van der Waals surface area contributed by atoms with Crippen molar-refractivity contribution in [3.05, 3.63) is 29.6 Å². The minimum absolute atomic E-state index is 0.0317. The Morgan fingerprint density at radius 2 is 2.16 bits per heavy atom. The maximum Gasteiger partial charge on any atom is 0.244 e. The monoisotopic (exact) mass is 282 g/mol. The Balaban J connectivity index is 2.48. The number of nitrogens with two attached hydrogens (primary N) is 1. The molecule has 4 nitrogen and oxygen atoms in total. The summed E-state index contributed by atoms with van der Waals surface area (Å²) in [5.74, 6) is 4.65. The van der Waals surface area contributed by atoms with Gasteiger partial charge >= 0.3 is 0 Å². The molecule has 1 aliphatic carbocycles. The number of sulfonamides is 1. The lowest BCUT2D eigenvalue weighted by molar-refractivity contribution is 0.464. The average Bonchev–Trinajstić information content (AvgIpc) is 3.19. The van der Waals surface area contributed by atoms with Crippen LogP contribution < -0.4 is 5.73 Å². The van der Waals surface area contributed by atoms with Gasteiger partial charge in [0.05, 0.1) is 11.4 Å². The van der Waals surface area contributed by atoms with Gasteiger partial charge in [-0.1, -0.05) is 11.8 Å². The molecule has 6 heteroatoms. The third-order valence-corrected chi connectivity index (χ3v) is 4.95. The smallest absolute Gasteiger partial charge is 0.244 e. The highest BCUT2D eigenvalue weighted by molar-refractivity contribution is 7.89. The number of halogens is 1. The molecule has 0 radical (unpaired) electrons. The highest BCUT2D eigenvalue weighted by Gasteiger charge is 2.35. The standard InChI is InChI=1S/C13H15FN2O2S/c1-16(12-5-6-12)19(17,18)13-7-4-11(14)9-10(13)3-2-8-15/h4,7,9,12H,5-6,8,15H2,1H3. The summed E-state index contributed by atoms with van der Waals surface area (Å²) in [6, 6.07) is 3.55. The van der Waals surface area contributed by atoms with Crippen molar-refractivity contribution in [2.75, 3.05) is 13.6 Å². The summed E-state index contributed by atoms with van der Waals surface area (Å²) < 4.78 is 39.4. The lowest BCUT2D eigenvalue weighted by Gasteiger charge is -2.17. The molecule has 2 N–H and O–H groups in total.